The first-order chi connectivity index (χ1) is 11.7. The number of ether oxygens (including phenoxy) is 1. The highest BCUT2D eigenvalue weighted by molar-refractivity contribution is 5.40. The van der Waals surface area contributed by atoms with Crippen LogP contribution in [0.3, 0.4) is 0 Å². The van der Waals surface area contributed by atoms with Crippen molar-refractivity contribution in [3.05, 3.63) is 42.6 Å². The van der Waals surface area contributed by atoms with Gasteiger partial charge < -0.3 is 14.2 Å². The first kappa shape index (κ1) is 15.6. The summed E-state index contributed by atoms with van der Waals surface area (Å²) >= 11 is 0. The molecule has 0 unspecified atom stereocenters. The molecule has 2 aromatic rings. The van der Waals surface area contributed by atoms with Crippen LogP contribution in [0.4, 0.5) is 5.82 Å². The minimum absolute atomic E-state index is 0.194. The minimum Gasteiger partial charge on any atom is -0.379 e. The van der Waals surface area contributed by atoms with E-state index in [4.69, 9.17) is 4.74 Å². The number of hydrogen-bond donors (Lipinski definition) is 0. The molecule has 1 atom stereocenters. The van der Waals surface area contributed by atoms with E-state index in [0.717, 1.165) is 64.0 Å². The lowest BCUT2D eigenvalue weighted by Crippen LogP contribution is -2.40. The summed E-state index contributed by atoms with van der Waals surface area (Å²) in [4.78, 5) is 13.9. The summed E-state index contributed by atoms with van der Waals surface area (Å²) in [5.41, 5.74) is 0.194. The number of pyridine rings is 1. The summed E-state index contributed by atoms with van der Waals surface area (Å²) in [5, 5.41) is 0. The van der Waals surface area contributed by atoms with E-state index in [0.29, 0.717) is 0 Å². The van der Waals surface area contributed by atoms with Crippen LogP contribution in [-0.4, -0.2) is 58.8 Å². The van der Waals surface area contributed by atoms with Crippen molar-refractivity contribution < 1.29 is 4.74 Å². The van der Waals surface area contributed by atoms with Crippen molar-refractivity contribution in [2.75, 3.05) is 44.3 Å². The monoisotopic (exact) mass is 327 g/mol. The van der Waals surface area contributed by atoms with Crippen molar-refractivity contribution in [3.8, 4) is 0 Å². The molecule has 0 N–H and O–H groups in total. The van der Waals surface area contributed by atoms with Gasteiger partial charge in [-0.25, -0.2) is 9.97 Å². The van der Waals surface area contributed by atoms with E-state index >= 15 is 0 Å². The maximum absolute atomic E-state index is 5.98. The van der Waals surface area contributed by atoms with Crippen LogP contribution < -0.4 is 4.90 Å². The molecule has 128 valence electrons. The molecule has 0 aliphatic carbocycles. The SMILES string of the molecule is Cn1ccnc1CN1CCOC[C@@]2(CCN(c3ccccn3)C2)C1. The van der Waals surface area contributed by atoms with Gasteiger partial charge in [-0.05, 0) is 18.6 Å². The Morgan fingerprint density at radius 2 is 2.12 bits per heavy atom. The molecule has 2 fully saturated rings. The van der Waals surface area contributed by atoms with Crippen LogP contribution in [0, 0.1) is 5.41 Å². The quantitative estimate of drug-likeness (QED) is 0.856. The second kappa shape index (κ2) is 6.53. The number of anilines is 1. The van der Waals surface area contributed by atoms with Crippen molar-refractivity contribution in [1.82, 2.24) is 19.4 Å². The molecule has 0 saturated carbocycles. The Kier molecular flexibility index (Phi) is 4.24. The van der Waals surface area contributed by atoms with Crippen LogP contribution in [-0.2, 0) is 18.3 Å². The van der Waals surface area contributed by atoms with E-state index in [1.54, 1.807) is 0 Å². The zero-order chi connectivity index (χ0) is 16.4. The van der Waals surface area contributed by atoms with Crippen LogP contribution >= 0.6 is 0 Å². The van der Waals surface area contributed by atoms with Crippen LogP contribution in [0.25, 0.3) is 0 Å². The lowest BCUT2D eigenvalue weighted by atomic mass is 9.87. The largest absolute Gasteiger partial charge is 0.379 e. The first-order valence-corrected chi connectivity index (χ1v) is 8.66. The fourth-order valence-corrected chi connectivity index (χ4v) is 3.88. The molecule has 0 radical (unpaired) electrons. The van der Waals surface area contributed by atoms with Gasteiger partial charge >= 0.3 is 0 Å². The van der Waals surface area contributed by atoms with E-state index < -0.39 is 0 Å². The molecule has 0 bridgehead atoms. The van der Waals surface area contributed by atoms with Gasteiger partial charge in [-0.3, -0.25) is 4.90 Å². The smallest absolute Gasteiger partial charge is 0.128 e. The van der Waals surface area contributed by atoms with Crippen molar-refractivity contribution in [2.24, 2.45) is 12.5 Å². The average Bonchev–Trinajstić information content (AvgIpc) is 3.13. The molecule has 4 rings (SSSR count). The number of rotatable bonds is 3. The second-order valence-electron chi connectivity index (χ2n) is 7.08. The molecule has 6 nitrogen and oxygen atoms in total. The zero-order valence-corrected chi connectivity index (χ0v) is 14.3. The minimum atomic E-state index is 0.194. The topological polar surface area (TPSA) is 46.4 Å². The summed E-state index contributed by atoms with van der Waals surface area (Å²) in [7, 11) is 2.06. The molecule has 0 aromatic carbocycles. The summed E-state index contributed by atoms with van der Waals surface area (Å²) < 4.78 is 8.08. The first-order valence-electron chi connectivity index (χ1n) is 8.66. The standard InChI is InChI=1S/C18H25N5O/c1-21-9-7-20-17(21)12-22-10-11-24-15-18(13-22)5-8-23(14-18)16-4-2-3-6-19-16/h2-4,6-7,9H,5,8,10-15H2,1H3/t18-/m0/s1. The van der Waals surface area contributed by atoms with Gasteiger partial charge in [-0.1, -0.05) is 6.07 Å². The summed E-state index contributed by atoms with van der Waals surface area (Å²) in [6.45, 7) is 6.63. The lowest BCUT2D eigenvalue weighted by molar-refractivity contribution is 0.0797. The Labute approximate surface area is 143 Å². The van der Waals surface area contributed by atoms with Gasteiger partial charge in [-0.2, -0.15) is 0 Å². The predicted octanol–water partition coefficient (Wildman–Crippen LogP) is 1.54. The second-order valence-corrected chi connectivity index (χ2v) is 7.08. The molecule has 2 aliphatic heterocycles. The number of imidazole rings is 1. The van der Waals surface area contributed by atoms with Gasteiger partial charge in [0.05, 0.1) is 19.8 Å². The Morgan fingerprint density at radius 3 is 2.92 bits per heavy atom. The highest BCUT2D eigenvalue weighted by Crippen LogP contribution is 2.35. The average molecular weight is 327 g/mol. The van der Waals surface area contributed by atoms with Crippen LogP contribution in [0.15, 0.2) is 36.8 Å². The fraction of sp³-hybridized carbons (Fsp3) is 0.556. The third kappa shape index (κ3) is 3.16. The molecule has 4 heterocycles. The molecule has 6 heteroatoms. The zero-order valence-electron chi connectivity index (χ0n) is 14.3. The van der Waals surface area contributed by atoms with E-state index in [2.05, 4.69) is 43.5 Å². The van der Waals surface area contributed by atoms with E-state index in [-0.39, 0.29) is 5.41 Å². The van der Waals surface area contributed by atoms with Gasteiger partial charge in [-0.15, -0.1) is 0 Å². The summed E-state index contributed by atoms with van der Waals surface area (Å²) in [6, 6.07) is 6.13. The Morgan fingerprint density at radius 1 is 1.17 bits per heavy atom. The highest BCUT2D eigenvalue weighted by Gasteiger charge is 2.41. The Balaban J connectivity index is 1.47. The van der Waals surface area contributed by atoms with Crippen LogP contribution in [0.2, 0.25) is 0 Å². The van der Waals surface area contributed by atoms with Gasteiger partial charge in [0.15, 0.2) is 0 Å². The van der Waals surface area contributed by atoms with Crippen molar-refractivity contribution in [3.63, 3.8) is 0 Å². The maximum atomic E-state index is 5.98. The number of aromatic nitrogens is 3. The molecule has 2 aromatic heterocycles. The molecule has 1 spiro atoms. The summed E-state index contributed by atoms with van der Waals surface area (Å²) in [5.74, 6) is 2.20. The molecular weight excluding hydrogens is 302 g/mol. The van der Waals surface area contributed by atoms with Crippen molar-refractivity contribution >= 4 is 5.82 Å². The highest BCUT2D eigenvalue weighted by atomic mass is 16.5. The maximum Gasteiger partial charge on any atom is 0.128 e. The molecular formula is C18H25N5O. The number of nitrogens with zero attached hydrogens (tertiary/aromatic N) is 5. The van der Waals surface area contributed by atoms with E-state index in [1.165, 1.54) is 0 Å². The van der Waals surface area contributed by atoms with Crippen LogP contribution in [0.5, 0.6) is 0 Å². The van der Waals surface area contributed by atoms with Crippen molar-refractivity contribution in [2.45, 2.75) is 13.0 Å². The Bertz CT molecular complexity index is 673. The lowest BCUT2D eigenvalue weighted by Gasteiger charge is -2.31. The normalized spacial score (nSPS) is 25.3. The summed E-state index contributed by atoms with van der Waals surface area (Å²) in [6.07, 6.45) is 6.91. The van der Waals surface area contributed by atoms with Gasteiger partial charge in [0.25, 0.3) is 0 Å². The number of hydrogen-bond acceptors (Lipinski definition) is 5. The van der Waals surface area contributed by atoms with Gasteiger partial charge in [0.2, 0.25) is 0 Å². The third-order valence-corrected chi connectivity index (χ3v) is 5.22. The van der Waals surface area contributed by atoms with E-state index in [1.807, 2.05) is 24.7 Å². The van der Waals surface area contributed by atoms with Crippen molar-refractivity contribution in [1.29, 1.82) is 0 Å². The van der Waals surface area contributed by atoms with Crippen LogP contribution in [0.1, 0.15) is 12.2 Å². The van der Waals surface area contributed by atoms with Gasteiger partial charge in [0.1, 0.15) is 11.6 Å². The third-order valence-electron chi connectivity index (χ3n) is 5.22. The Hall–Kier alpha value is -1.92. The van der Waals surface area contributed by atoms with Gasteiger partial charge in [0, 0.05) is 57.2 Å². The van der Waals surface area contributed by atoms with E-state index in [9.17, 15) is 0 Å². The fourth-order valence-electron chi connectivity index (χ4n) is 3.88. The molecule has 0 amide bonds. The molecule has 2 saturated heterocycles. The number of aryl methyl sites for hydroxylation is 1. The molecule has 24 heavy (non-hydrogen) atoms. The molecule has 2 aliphatic rings. The predicted molar refractivity (Wildman–Crippen MR) is 92.8 cm³/mol.